The SMILES string of the molecule is [2H]C([2H])([2H])C([2H])([2H])C([2H])([2H])Oc1ccc(S(=O)(=O)N2CCN(CCO)CC2)cc1-c1nc2c(CCC)cn(CC)c2c(=O)[nH]1. The van der Waals surface area contributed by atoms with Crippen LogP contribution in [0.5, 0.6) is 5.75 Å². The van der Waals surface area contributed by atoms with Crippen LogP contribution in [0.15, 0.2) is 34.1 Å². The molecule has 1 fully saturated rings. The molecule has 0 saturated carbocycles. The van der Waals surface area contributed by atoms with Crippen LogP contribution in [0.3, 0.4) is 0 Å². The van der Waals surface area contributed by atoms with Crippen LogP contribution in [0.25, 0.3) is 22.4 Å². The van der Waals surface area contributed by atoms with E-state index in [0.29, 0.717) is 43.6 Å². The van der Waals surface area contributed by atoms with E-state index < -0.39 is 41.1 Å². The average Bonchev–Trinajstić information content (AvgIpc) is 3.31. The van der Waals surface area contributed by atoms with Gasteiger partial charge in [0.05, 0.1) is 31.9 Å². The van der Waals surface area contributed by atoms with Gasteiger partial charge in [-0.2, -0.15) is 4.31 Å². The smallest absolute Gasteiger partial charge is 0.275 e. The molecule has 2 N–H and O–H groups in total. The van der Waals surface area contributed by atoms with Gasteiger partial charge in [-0.25, -0.2) is 13.4 Å². The van der Waals surface area contributed by atoms with E-state index in [9.17, 15) is 18.3 Å². The molecule has 37 heavy (non-hydrogen) atoms. The van der Waals surface area contributed by atoms with Gasteiger partial charge >= 0.3 is 0 Å². The van der Waals surface area contributed by atoms with Crippen molar-refractivity contribution < 1.29 is 27.9 Å². The van der Waals surface area contributed by atoms with Crippen LogP contribution in [-0.4, -0.2) is 83.2 Å². The number of aliphatic hydroxyl groups excluding tert-OH is 1. The number of hydrogen-bond acceptors (Lipinski definition) is 7. The standard InChI is InChI=1S/C26H37N5O5S/c1-4-7-19-18-30(6-3)24-23(19)27-25(28-26(24)33)21-17-20(8-9-22(21)36-16-5-2)37(34,35)31-12-10-29(11-13-31)14-15-32/h8-9,17-18,32H,4-7,10-16H2,1-3H3,(H,27,28,33)/i2D3,5D2,16D2. The van der Waals surface area contributed by atoms with Crippen molar-refractivity contribution in [3.63, 3.8) is 0 Å². The van der Waals surface area contributed by atoms with Gasteiger partial charge in [0, 0.05) is 52.3 Å². The Balaban J connectivity index is 1.89. The lowest BCUT2D eigenvalue weighted by atomic mass is 10.1. The number of H-pyrrole nitrogens is 1. The van der Waals surface area contributed by atoms with E-state index in [1.165, 1.54) is 4.31 Å². The molecule has 3 heterocycles. The molecular weight excluding hydrogens is 494 g/mol. The number of aryl methyl sites for hydroxylation is 2. The largest absolute Gasteiger partial charge is 0.493 e. The fourth-order valence-electron chi connectivity index (χ4n) is 4.61. The number of aliphatic hydroxyl groups is 1. The Morgan fingerprint density at radius 1 is 1.24 bits per heavy atom. The first-order chi connectivity index (χ1) is 20.5. The number of aromatic amines is 1. The molecule has 0 radical (unpaired) electrons. The molecule has 0 amide bonds. The second-order valence-electron chi connectivity index (χ2n) is 8.76. The highest BCUT2D eigenvalue weighted by molar-refractivity contribution is 7.89. The monoisotopic (exact) mass is 538 g/mol. The molecule has 4 rings (SSSR count). The fourth-order valence-corrected chi connectivity index (χ4v) is 6.06. The minimum atomic E-state index is -4.11. The van der Waals surface area contributed by atoms with Crippen molar-refractivity contribution >= 4 is 21.1 Å². The molecule has 1 saturated heterocycles. The Labute approximate surface area is 227 Å². The number of nitrogens with one attached hydrogen (secondary N) is 1. The number of hydrogen-bond donors (Lipinski definition) is 2. The molecule has 2 aromatic heterocycles. The minimum absolute atomic E-state index is 0.0537. The summed E-state index contributed by atoms with van der Waals surface area (Å²) in [7, 11) is -4.11. The van der Waals surface area contributed by atoms with Gasteiger partial charge in [-0.1, -0.05) is 20.2 Å². The van der Waals surface area contributed by atoms with E-state index in [-0.39, 0.29) is 36.0 Å². The summed E-state index contributed by atoms with van der Waals surface area (Å²) in [6.45, 7) is -1.01. The zero-order chi connectivity index (χ0) is 32.7. The maximum absolute atomic E-state index is 13.7. The second-order valence-corrected chi connectivity index (χ2v) is 10.7. The van der Waals surface area contributed by atoms with Crippen molar-refractivity contribution in [1.29, 1.82) is 0 Å². The Morgan fingerprint density at radius 2 is 2.03 bits per heavy atom. The summed E-state index contributed by atoms with van der Waals surface area (Å²) in [6.07, 6.45) is -0.294. The quantitative estimate of drug-likeness (QED) is 0.385. The molecule has 0 atom stereocenters. The topological polar surface area (TPSA) is 121 Å². The van der Waals surface area contributed by atoms with Crippen LogP contribution in [0.4, 0.5) is 0 Å². The van der Waals surface area contributed by atoms with Crippen LogP contribution in [-0.2, 0) is 23.0 Å². The maximum atomic E-state index is 13.7. The Hall–Kier alpha value is -2.73. The first-order valence-electron chi connectivity index (χ1n) is 15.8. The maximum Gasteiger partial charge on any atom is 0.275 e. The lowest BCUT2D eigenvalue weighted by Crippen LogP contribution is -2.49. The lowest BCUT2D eigenvalue weighted by molar-refractivity contribution is 0.151. The van der Waals surface area contributed by atoms with Crippen molar-refractivity contribution in [1.82, 2.24) is 23.7 Å². The molecule has 10 nitrogen and oxygen atoms in total. The third-order valence-electron chi connectivity index (χ3n) is 6.46. The molecule has 0 spiro atoms. The molecule has 0 aliphatic carbocycles. The van der Waals surface area contributed by atoms with Crippen LogP contribution in [0, 0.1) is 0 Å². The van der Waals surface area contributed by atoms with Gasteiger partial charge in [-0.05, 0) is 43.5 Å². The van der Waals surface area contributed by atoms with Gasteiger partial charge < -0.3 is 19.4 Å². The summed E-state index contributed by atoms with van der Waals surface area (Å²) in [5.74, 6) is -0.567. The molecule has 202 valence electrons. The highest BCUT2D eigenvalue weighted by atomic mass is 32.2. The van der Waals surface area contributed by atoms with E-state index in [4.69, 9.17) is 14.3 Å². The number of piperazine rings is 1. The number of ether oxygens (including phenoxy) is 1. The van der Waals surface area contributed by atoms with E-state index in [0.717, 1.165) is 30.2 Å². The molecule has 1 aliphatic heterocycles. The van der Waals surface area contributed by atoms with E-state index in [1.807, 2.05) is 24.9 Å². The number of nitrogens with zero attached hydrogens (tertiary/aromatic N) is 4. The summed E-state index contributed by atoms with van der Waals surface area (Å²) < 4.78 is 90.7. The van der Waals surface area contributed by atoms with Crippen LogP contribution in [0.2, 0.25) is 0 Å². The molecule has 0 bridgehead atoms. The second kappa shape index (κ2) is 11.8. The Kier molecular flexibility index (Phi) is 6.15. The van der Waals surface area contributed by atoms with E-state index in [1.54, 1.807) is 4.57 Å². The average molecular weight is 539 g/mol. The van der Waals surface area contributed by atoms with Crippen molar-refractivity contribution in [2.45, 2.75) is 51.4 Å². The van der Waals surface area contributed by atoms with E-state index in [2.05, 4.69) is 9.97 Å². The van der Waals surface area contributed by atoms with Gasteiger partial charge in [-0.3, -0.25) is 9.69 Å². The zero-order valence-electron chi connectivity index (χ0n) is 28.0. The zero-order valence-corrected chi connectivity index (χ0v) is 21.8. The van der Waals surface area contributed by atoms with Crippen molar-refractivity contribution in [2.75, 3.05) is 45.9 Å². The third kappa shape index (κ3) is 5.59. The Bertz CT molecular complexity index is 1670. The van der Waals surface area contributed by atoms with Gasteiger partial charge in [0.2, 0.25) is 10.0 Å². The van der Waals surface area contributed by atoms with Gasteiger partial charge in [0.15, 0.2) is 0 Å². The van der Waals surface area contributed by atoms with Crippen molar-refractivity contribution in [2.24, 2.45) is 0 Å². The molecular formula is C26H37N5O5S. The normalized spacial score (nSPS) is 19.4. The summed E-state index contributed by atoms with van der Waals surface area (Å²) in [5, 5.41) is 9.21. The number of rotatable bonds is 11. The lowest BCUT2D eigenvalue weighted by Gasteiger charge is -2.33. The van der Waals surface area contributed by atoms with Crippen LogP contribution < -0.4 is 10.3 Å². The van der Waals surface area contributed by atoms with E-state index >= 15 is 0 Å². The molecule has 3 aromatic rings. The summed E-state index contributed by atoms with van der Waals surface area (Å²) in [5.41, 5.74) is 0.751. The van der Waals surface area contributed by atoms with Crippen LogP contribution >= 0.6 is 0 Å². The Morgan fingerprint density at radius 3 is 2.70 bits per heavy atom. The van der Waals surface area contributed by atoms with Crippen molar-refractivity contribution in [3.8, 4) is 17.1 Å². The summed E-state index contributed by atoms with van der Waals surface area (Å²) >= 11 is 0. The first kappa shape index (κ1) is 19.4. The molecule has 0 unspecified atom stereocenters. The highest BCUT2D eigenvalue weighted by Crippen LogP contribution is 2.33. The summed E-state index contributed by atoms with van der Waals surface area (Å²) in [4.78, 5) is 22.3. The first-order valence-corrected chi connectivity index (χ1v) is 13.7. The number of benzene rings is 1. The van der Waals surface area contributed by atoms with Gasteiger partial charge in [0.1, 0.15) is 17.1 Å². The highest BCUT2D eigenvalue weighted by Gasteiger charge is 2.29. The number of aromatic nitrogens is 3. The van der Waals surface area contributed by atoms with Gasteiger partial charge in [-0.15, -0.1) is 0 Å². The van der Waals surface area contributed by atoms with Crippen molar-refractivity contribution in [3.05, 3.63) is 40.3 Å². The number of β-amino-alcohol motifs (C(OH)–C–C–N with tert-alkyl or cyclic N) is 1. The number of sulfonamides is 1. The van der Waals surface area contributed by atoms with Gasteiger partial charge in [0.25, 0.3) is 5.56 Å². The number of fused-ring (bicyclic) bond motifs is 1. The minimum Gasteiger partial charge on any atom is -0.493 e. The molecule has 1 aliphatic rings. The third-order valence-corrected chi connectivity index (χ3v) is 8.36. The predicted octanol–water partition coefficient (Wildman–Crippen LogP) is 2.45. The fraction of sp³-hybridized carbons (Fsp3) is 0.538. The molecule has 1 aromatic carbocycles. The van der Waals surface area contributed by atoms with Crippen LogP contribution in [0.1, 0.15) is 48.7 Å². The molecule has 11 heteroatoms. The summed E-state index contributed by atoms with van der Waals surface area (Å²) in [6, 6.07) is 3.42. The predicted molar refractivity (Wildman–Crippen MR) is 144 cm³/mol.